The highest BCUT2D eigenvalue weighted by atomic mass is 16.6. The van der Waals surface area contributed by atoms with Gasteiger partial charge >= 0.3 is 11.9 Å². The summed E-state index contributed by atoms with van der Waals surface area (Å²) in [5, 5.41) is 10.3. The van der Waals surface area contributed by atoms with Crippen molar-refractivity contribution in [2.75, 3.05) is 13.2 Å². The van der Waals surface area contributed by atoms with Gasteiger partial charge in [-0.15, -0.1) is 0 Å². The lowest BCUT2D eigenvalue weighted by atomic mass is 9.94. The molecule has 0 amide bonds. The van der Waals surface area contributed by atoms with Crippen molar-refractivity contribution in [3.63, 3.8) is 0 Å². The molecule has 0 radical (unpaired) electrons. The lowest BCUT2D eigenvalue weighted by Crippen LogP contribution is -2.43. The molecule has 1 aliphatic rings. The minimum absolute atomic E-state index is 0.0328. The molecular formula is C13H22O6. The molecule has 1 rings (SSSR count). The standard InChI is InChI=1S/C13H22O6/c1-9(14)17-7-13(16)6-5-11(19-10(2)15)12(3,4)18-8-13/h11,16H,5-8H2,1-4H3/t11-,13-/m1/s1. The van der Waals surface area contributed by atoms with Crippen LogP contribution in [-0.2, 0) is 23.8 Å². The van der Waals surface area contributed by atoms with E-state index in [2.05, 4.69) is 0 Å². The van der Waals surface area contributed by atoms with E-state index < -0.39 is 23.3 Å². The fourth-order valence-corrected chi connectivity index (χ4v) is 1.98. The Balaban J connectivity index is 2.71. The van der Waals surface area contributed by atoms with Crippen molar-refractivity contribution in [2.24, 2.45) is 0 Å². The highest BCUT2D eigenvalue weighted by Crippen LogP contribution is 2.31. The van der Waals surface area contributed by atoms with E-state index in [1.165, 1.54) is 13.8 Å². The first-order valence-electron chi connectivity index (χ1n) is 6.31. The molecule has 0 unspecified atom stereocenters. The third kappa shape index (κ3) is 4.80. The molecule has 110 valence electrons. The Hall–Kier alpha value is -1.14. The van der Waals surface area contributed by atoms with Gasteiger partial charge < -0.3 is 19.3 Å². The normalized spacial score (nSPS) is 30.3. The number of hydrogen-bond donors (Lipinski definition) is 1. The number of aliphatic hydroxyl groups is 1. The van der Waals surface area contributed by atoms with Gasteiger partial charge in [-0.25, -0.2) is 0 Å². The van der Waals surface area contributed by atoms with Crippen LogP contribution in [0.15, 0.2) is 0 Å². The number of esters is 2. The van der Waals surface area contributed by atoms with Crippen LogP contribution in [0.25, 0.3) is 0 Å². The van der Waals surface area contributed by atoms with E-state index in [1.54, 1.807) is 13.8 Å². The highest BCUT2D eigenvalue weighted by molar-refractivity contribution is 5.66. The van der Waals surface area contributed by atoms with Gasteiger partial charge in [-0.05, 0) is 26.7 Å². The van der Waals surface area contributed by atoms with Crippen molar-refractivity contribution in [3.8, 4) is 0 Å². The molecule has 1 saturated heterocycles. The summed E-state index contributed by atoms with van der Waals surface area (Å²) in [5.41, 5.74) is -1.93. The fourth-order valence-electron chi connectivity index (χ4n) is 1.98. The maximum absolute atomic E-state index is 11.1. The summed E-state index contributed by atoms with van der Waals surface area (Å²) in [6.07, 6.45) is 0.350. The quantitative estimate of drug-likeness (QED) is 0.767. The summed E-state index contributed by atoms with van der Waals surface area (Å²) in [6.45, 7) is 6.14. The molecule has 6 heteroatoms. The third-order valence-corrected chi connectivity index (χ3v) is 3.21. The third-order valence-electron chi connectivity index (χ3n) is 3.21. The number of hydrogen-bond acceptors (Lipinski definition) is 6. The van der Waals surface area contributed by atoms with Crippen LogP contribution in [0.4, 0.5) is 0 Å². The van der Waals surface area contributed by atoms with E-state index in [4.69, 9.17) is 14.2 Å². The van der Waals surface area contributed by atoms with Crippen LogP contribution in [0, 0.1) is 0 Å². The van der Waals surface area contributed by atoms with Crippen LogP contribution in [0.1, 0.15) is 40.5 Å². The summed E-state index contributed by atoms with van der Waals surface area (Å²) in [5.74, 6) is -0.833. The van der Waals surface area contributed by atoms with Gasteiger partial charge in [0.15, 0.2) is 0 Å². The second-order valence-corrected chi connectivity index (χ2v) is 5.53. The summed E-state index contributed by atoms with van der Waals surface area (Å²) < 4.78 is 15.7. The molecule has 2 atom stereocenters. The first kappa shape index (κ1) is 15.9. The van der Waals surface area contributed by atoms with Crippen LogP contribution in [-0.4, -0.2) is 47.6 Å². The molecule has 0 saturated carbocycles. The Kier molecular flexibility index (Phi) is 4.92. The molecule has 0 aromatic carbocycles. The fraction of sp³-hybridized carbons (Fsp3) is 0.846. The number of rotatable bonds is 3. The predicted octanol–water partition coefficient (Wildman–Crippen LogP) is 0.801. The minimum atomic E-state index is -1.24. The smallest absolute Gasteiger partial charge is 0.303 e. The molecule has 1 aliphatic heterocycles. The summed E-state index contributed by atoms with van der Waals surface area (Å²) >= 11 is 0. The van der Waals surface area contributed by atoms with Crippen molar-refractivity contribution >= 4 is 11.9 Å². The van der Waals surface area contributed by atoms with Gasteiger partial charge in [0.1, 0.15) is 18.3 Å². The Morgan fingerprint density at radius 2 is 1.95 bits per heavy atom. The SMILES string of the molecule is CC(=O)OC[C@]1(O)CC[C@@H](OC(C)=O)C(C)(C)OC1. The summed E-state index contributed by atoms with van der Waals surface area (Å²) in [6, 6.07) is 0. The van der Waals surface area contributed by atoms with Crippen molar-refractivity contribution in [1.82, 2.24) is 0 Å². The molecule has 1 heterocycles. The Morgan fingerprint density at radius 1 is 1.32 bits per heavy atom. The molecule has 19 heavy (non-hydrogen) atoms. The van der Waals surface area contributed by atoms with E-state index >= 15 is 0 Å². The zero-order valence-electron chi connectivity index (χ0n) is 11.9. The largest absolute Gasteiger partial charge is 0.463 e. The second kappa shape index (κ2) is 5.88. The molecule has 0 spiro atoms. The second-order valence-electron chi connectivity index (χ2n) is 5.53. The van der Waals surface area contributed by atoms with E-state index in [1.807, 2.05) is 0 Å². The molecule has 0 aliphatic carbocycles. The van der Waals surface area contributed by atoms with Crippen LogP contribution < -0.4 is 0 Å². The molecular weight excluding hydrogens is 252 g/mol. The van der Waals surface area contributed by atoms with Crippen LogP contribution >= 0.6 is 0 Å². The molecule has 1 N–H and O–H groups in total. The highest BCUT2D eigenvalue weighted by Gasteiger charge is 2.42. The summed E-state index contributed by atoms with van der Waals surface area (Å²) in [7, 11) is 0. The van der Waals surface area contributed by atoms with Gasteiger partial charge in [0.2, 0.25) is 0 Å². The monoisotopic (exact) mass is 274 g/mol. The molecule has 0 bridgehead atoms. The van der Waals surface area contributed by atoms with Crippen LogP contribution in [0.2, 0.25) is 0 Å². The zero-order valence-corrected chi connectivity index (χ0v) is 11.9. The van der Waals surface area contributed by atoms with Gasteiger partial charge in [0, 0.05) is 13.8 Å². The molecule has 1 fully saturated rings. The maximum Gasteiger partial charge on any atom is 0.303 e. The maximum atomic E-state index is 11.1. The average molecular weight is 274 g/mol. The van der Waals surface area contributed by atoms with E-state index in [9.17, 15) is 14.7 Å². The number of carbonyl (C=O) groups excluding carboxylic acids is 2. The summed E-state index contributed by atoms with van der Waals surface area (Å²) in [4.78, 5) is 21.9. The average Bonchev–Trinajstić information content (AvgIpc) is 2.38. The lowest BCUT2D eigenvalue weighted by Gasteiger charge is -2.31. The van der Waals surface area contributed by atoms with Gasteiger partial charge in [0.05, 0.1) is 12.2 Å². The minimum Gasteiger partial charge on any atom is -0.463 e. The Morgan fingerprint density at radius 3 is 2.47 bits per heavy atom. The van der Waals surface area contributed by atoms with Gasteiger partial charge in [-0.3, -0.25) is 9.59 Å². The van der Waals surface area contributed by atoms with Crippen molar-refractivity contribution in [2.45, 2.75) is 57.8 Å². The van der Waals surface area contributed by atoms with Gasteiger partial charge in [-0.1, -0.05) is 0 Å². The Bertz CT molecular complexity index is 351. The van der Waals surface area contributed by atoms with Crippen LogP contribution in [0.5, 0.6) is 0 Å². The van der Waals surface area contributed by atoms with Crippen molar-refractivity contribution in [1.29, 1.82) is 0 Å². The first-order valence-corrected chi connectivity index (χ1v) is 6.31. The van der Waals surface area contributed by atoms with E-state index in [-0.39, 0.29) is 19.2 Å². The van der Waals surface area contributed by atoms with Gasteiger partial charge in [0.25, 0.3) is 0 Å². The first-order chi connectivity index (χ1) is 8.65. The molecule has 0 aromatic rings. The van der Waals surface area contributed by atoms with Crippen LogP contribution in [0.3, 0.4) is 0 Å². The van der Waals surface area contributed by atoms with Gasteiger partial charge in [-0.2, -0.15) is 0 Å². The van der Waals surface area contributed by atoms with E-state index in [0.29, 0.717) is 12.8 Å². The Labute approximate surface area is 113 Å². The molecule has 0 aromatic heterocycles. The van der Waals surface area contributed by atoms with Crippen molar-refractivity contribution in [3.05, 3.63) is 0 Å². The number of ether oxygens (including phenoxy) is 3. The van der Waals surface area contributed by atoms with Crippen molar-refractivity contribution < 1.29 is 28.9 Å². The predicted molar refractivity (Wildman–Crippen MR) is 66.4 cm³/mol. The van der Waals surface area contributed by atoms with E-state index in [0.717, 1.165) is 0 Å². The topological polar surface area (TPSA) is 82.1 Å². The molecule has 6 nitrogen and oxygen atoms in total. The number of carbonyl (C=O) groups is 2. The lowest BCUT2D eigenvalue weighted by molar-refractivity contribution is -0.172. The zero-order chi connectivity index (χ0) is 14.7.